The molecule has 0 bridgehead atoms. The zero-order valence-electron chi connectivity index (χ0n) is 15.3. The summed E-state index contributed by atoms with van der Waals surface area (Å²) in [6, 6.07) is 9.59. The predicted octanol–water partition coefficient (Wildman–Crippen LogP) is 1.52. The summed E-state index contributed by atoms with van der Waals surface area (Å²) in [5, 5.41) is -0.0338. The summed E-state index contributed by atoms with van der Waals surface area (Å²) in [6.07, 6.45) is 0. The van der Waals surface area contributed by atoms with Crippen LogP contribution in [0.15, 0.2) is 45.1 Å². The molecule has 0 radical (unpaired) electrons. The first-order valence-electron chi connectivity index (χ1n) is 8.49. The lowest BCUT2D eigenvalue weighted by atomic mass is 10.2. The Balaban J connectivity index is 2.13. The zero-order valence-corrected chi connectivity index (χ0v) is 16.1. The van der Waals surface area contributed by atoms with Gasteiger partial charge in [0.1, 0.15) is 5.25 Å². The number of benzene rings is 1. The Morgan fingerprint density at radius 3 is 2.67 bits per heavy atom. The minimum absolute atomic E-state index is 0.276. The fourth-order valence-corrected chi connectivity index (χ4v) is 3.59. The molecule has 2 aromatic heterocycles. The molecule has 0 aliphatic rings. The van der Waals surface area contributed by atoms with E-state index in [-0.39, 0.29) is 11.6 Å². The molecular formula is C18H20N4O4S. The fourth-order valence-electron chi connectivity index (χ4n) is 2.68. The van der Waals surface area contributed by atoms with Crippen LogP contribution in [0.1, 0.15) is 19.4 Å². The van der Waals surface area contributed by atoms with Gasteiger partial charge >= 0.3 is 11.7 Å². The van der Waals surface area contributed by atoms with E-state index in [1.807, 2.05) is 30.3 Å². The van der Waals surface area contributed by atoms with Gasteiger partial charge in [0.05, 0.1) is 13.2 Å². The number of hydrogen-bond acceptors (Lipinski definition) is 6. The number of esters is 1. The predicted molar refractivity (Wildman–Crippen MR) is 103 cm³/mol. The normalized spacial score (nSPS) is 12.3. The van der Waals surface area contributed by atoms with Crippen LogP contribution in [-0.4, -0.2) is 36.9 Å². The molecule has 1 unspecified atom stereocenters. The number of carbonyl (C=O) groups is 1. The van der Waals surface area contributed by atoms with Gasteiger partial charge < -0.3 is 9.30 Å². The van der Waals surface area contributed by atoms with E-state index in [0.29, 0.717) is 23.8 Å². The third kappa shape index (κ3) is 3.82. The second kappa shape index (κ2) is 7.83. The van der Waals surface area contributed by atoms with Crippen molar-refractivity contribution in [3.05, 3.63) is 56.7 Å². The standard InChI is InChI=1S/C18H20N4O4S/c1-4-26-16(24)11(2)27-18-19-14-13(15(23)20-17(25)21(14)3)22(18)10-12-8-6-5-7-9-12/h5-9,11H,4,10H2,1-3H3,(H,20,23,25). The largest absolute Gasteiger partial charge is 0.465 e. The van der Waals surface area contributed by atoms with E-state index in [1.54, 1.807) is 25.5 Å². The number of rotatable bonds is 6. The quantitative estimate of drug-likeness (QED) is 0.508. The average molecular weight is 388 g/mol. The Bertz CT molecular complexity index is 1080. The van der Waals surface area contributed by atoms with E-state index in [1.165, 1.54) is 16.3 Å². The molecule has 0 amide bonds. The molecule has 0 spiro atoms. The van der Waals surface area contributed by atoms with Gasteiger partial charge in [0.25, 0.3) is 5.56 Å². The number of imidazole rings is 1. The van der Waals surface area contributed by atoms with Gasteiger partial charge in [-0.3, -0.25) is 19.1 Å². The van der Waals surface area contributed by atoms with Crippen LogP contribution >= 0.6 is 11.8 Å². The number of nitrogens with zero attached hydrogens (tertiary/aromatic N) is 3. The Hall–Kier alpha value is -2.81. The van der Waals surface area contributed by atoms with E-state index >= 15 is 0 Å². The fraction of sp³-hybridized carbons (Fsp3) is 0.333. The highest BCUT2D eigenvalue weighted by molar-refractivity contribution is 8.00. The summed E-state index contributed by atoms with van der Waals surface area (Å²) in [5.41, 5.74) is 0.493. The van der Waals surface area contributed by atoms with E-state index in [0.717, 1.165) is 5.56 Å². The molecule has 1 N–H and O–H groups in total. The highest BCUT2D eigenvalue weighted by atomic mass is 32.2. The van der Waals surface area contributed by atoms with Crippen LogP contribution < -0.4 is 11.2 Å². The topological polar surface area (TPSA) is 99.0 Å². The summed E-state index contributed by atoms with van der Waals surface area (Å²) >= 11 is 1.20. The third-order valence-electron chi connectivity index (χ3n) is 4.06. The summed E-state index contributed by atoms with van der Waals surface area (Å²) in [7, 11) is 1.55. The van der Waals surface area contributed by atoms with Gasteiger partial charge in [-0.1, -0.05) is 42.1 Å². The summed E-state index contributed by atoms with van der Waals surface area (Å²) in [5.74, 6) is -0.358. The maximum absolute atomic E-state index is 12.5. The number of aromatic nitrogens is 4. The first kappa shape index (κ1) is 19.0. The first-order valence-corrected chi connectivity index (χ1v) is 9.37. The van der Waals surface area contributed by atoms with E-state index in [9.17, 15) is 14.4 Å². The van der Waals surface area contributed by atoms with Crippen LogP contribution in [-0.2, 0) is 23.1 Å². The molecular weight excluding hydrogens is 368 g/mol. The van der Waals surface area contributed by atoms with Gasteiger partial charge in [-0.25, -0.2) is 9.78 Å². The van der Waals surface area contributed by atoms with Crippen LogP contribution in [0.3, 0.4) is 0 Å². The lowest BCUT2D eigenvalue weighted by molar-refractivity contribution is -0.142. The van der Waals surface area contributed by atoms with Gasteiger partial charge in [0.15, 0.2) is 16.3 Å². The Morgan fingerprint density at radius 1 is 1.30 bits per heavy atom. The lowest BCUT2D eigenvalue weighted by Gasteiger charge is -2.12. The highest BCUT2D eigenvalue weighted by Crippen LogP contribution is 2.27. The number of hydrogen-bond donors (Lipinski definition) is 1. The SMILES string of the molecule is CCOC(=O)C(C)Sc1nc2c(c(=O)[nH]c(=O)n2C)n1Cc1ccccc1. The van der Waals surface area contributed by atoms with Crippen LogP contribution in [0.25, 0.3) is 11.2 Å². The number of ether oxygens (including phenoxy) is 1. The molecule has 3 rings (SSSR count). The molecule has 0 fully saturated rings. The molecule has 142 valence electrons. The highest BCUT2D eigenvalue weighted by Gasteiger charge is 2.23. The Morgan fingerprint density at radius 2 is 2.00 bits per heavy atom. The van der Waals surface area contributed by atoms with Crippen molar-refractivity contribution in [2.24, 2.45) is 7.05 Å². The van der Waals surface area contributed by atoms with Crippen molar-refractivity contribution in [1.29, 1.82) is 0 Å². The number of H-pyrrole nitrogens is 1. The van der Waals surface area contributed by atoms with Crippen LogP contribution in [0.2, 0.25) is 0 Å². The van der Waals surface area contributed by atoms with E-state index < -0.39 is 16.5 Å². The van der Waals surface area contributed by atoms with E-state index in [4.69, 9.17) is 4.74 Å². The Kier molecular flexibility index (Phi) is 5.50. The third-order valence-corrected chi connectivity index (χ3v) is 5.12. The molecule has 2 heterocycles. The summed E-state index contributed by atoms with van der Waals surface area (Å²) in [6.45, 7) is 4.14. The smallest absolute Gasteiger partial charge is 0.329 e. The second-order valence-corrected chi connectivity index (χ2v) is 7.28. The molecule has 1 atom stereocenters. The molecule has 27 heavy (non-hydrogen) atoms. The van der Waals surface area contributed by atoms with Crippen molar-refractivity contribution in [1.82, 2.24) is 19.1 Å². The maximum atomic E-state index is 12.5. The lowest BCUT2D eigenvalue weighted by Crippen LogP contribution is -2.29. The second-order valence-electron chi connectivity index (χ2n) is 5.97. The summed E-state index contributed by atoms with van der Waals surface area (Å²) < 4.78 is 8.07. The van der Waals surface area contributed by atoms with Crippen LogP contribution in [0.4, 0.5) is 0 Å². The van der Waals surface area contributed by atoms with Crippen LogP contribution in [0.5, 0.6) is 0 Å². The van der Waals surface area contributed by atoms with Crippen molar-refractivity contribution >= 4 is 28.9 Å². The van der Waals surface area contributed by atoms with Gasteiger partial charge in [0.2, 0.25) is 0 Å². The van der Waals surface area contributed by atoms with Crippen LogP contribution in [0, 0.1) is 0 Å². The minimum Gasteiger partial charge on any atom is -0.465 e. The monoisotopic (exact) mass is 388 g/mol. The summed E-state index contributed by atoms with van der Waals surface area (Å²) in [4.78, 5) is 43.2. The zero-order chi connectivity index (χ0) is 19.6. The number of aryl methyl sites for hydroxylation is 1. The molecule has 3 aromatic rings. The number of fused-ring (bicyclic) bond motifs is 1. The van der Waals surface area contributed by atoms with Crippen molar-refractivity contribution < 1.29 is 9.53 Å². The maximum Gasteiger partial charge on any atom is 0.329 e. The molecule has 0 aliphatic heterocycles. The Labute approximate surface area is 159 Å². The van der Waals surface area contributed by atoms with Gasteiger partial charge in [-0.2, -0.15) is 0 Å². The van der Waals surface area contributed by atoms with Crippen molar-refractivity contribution in [2.75, 3.05) is 6.61 Å². The van der Waals surface area contributed by atoms with Gasteiger partial charge in [-0.15, -0.1) is 0 Å². The molecule has 0 saturated carbocycles. The molecule has 9 heteroatoms. The minimum atomic E-state index is -0.535. The van der Waals surface area contributed by atoms with Gasteiger partial charge in [0, 0.05) is 7.05 Å². The number of thioether (sulfide) groups is 1. The van der Waals surface area contributed by atoms with Gasteiger partial charge in [-0.05, 0) is 19.4 Å². The number of aromatic amines is 1. The number of nitrogens with one attached hydrogen (secondary N) is 1. The van der Waals surface area contributed by atoms with Crippen molar-refractivity contribution in [2.45, 2.75) is 30.8 Å². The first-order chi connectivity index (χ1) is 12.9. The average Bonchev–Trinajstić information content (AvgIpc) is 2.99. The molecule has 0 saturated heterocycles. The molecule has 0 aliphatic carbocycles. The number of carbonyl (C=O) groups excluding carboxylic acids is 1. The van der Waals surface area contributed by atoms with Crippen molar-refractivity contribution in [3.63, 3.8) is 0 Å². The van der Waals surface area contributed by atoms with E-state index in [2.05, 4.69) is 9.97 Å². The molecule has 1 aromatic carbocycles. The molecule has 8 nitrogen and oxygen atoms in total. The van der Waals surface area contributed by atoms with Crippen molar-refractivity contribution in [3.8, 4) is 0 Å².